The predicted octanol–water partition coefficient (Wildman–Crippen LogP) is 2.47. The first-order valence-electron chi connectivity index (χ1n) is 6.97. The van der Waals surface area contributed by atoms with E-state index in [0.29, 0.717) is 12.4 Å². The Morgan fingerprint density at radius 2 is 1.95 bits per heavy atom. The molecular weight excluding hydrogens is 286 g/mol. The smallest absolute Gasteiger partial charge is 0.158 e. The second-order valence-corrected chi connectivity index (χ2v) is 5.61. The number of hydrogen-bond donors (Lipinski definition) is 2. The molecule has 0 unspecified atom stereocenters. The summed E-state index contributed by atoms with van der Waals surface area (Å²) in [5.74, 6) is 2.29. The Balaban J connectivity index is 1.97. The fourth-order valence-electron chi connectivity index (χ4n) is 1.89. The van der Waals surface area contributed by atoms with Crippen LogP contribution in [0, 0.1) is 6.92 Å². The standard InChI is InChI=1S/C14H21N5OS/c1-4-15-12-7-13(19-14(18-12)8-20-3)16-6-5-11-9-21-10(2)17-11/h7,9H,4-6,8H2,1-3H3,(H2,15,16,18,19). The van der Waals surface area contributed by atoms with E-state index in [-0.39, 0.29) is 0 Å². The van der Waals surface area contributed by atoms with E-state index in [4.69, 9.17) is 4.74 Å². The largest absolute Gasteiger partial charge is 0.377 e. The van der Waals surface area contributed by atoms with E-state index in [1.54, 1.807) is 18.4 Å². The fraction of sp³-hybridized carbons (Fsp3) is 0.500. The van der Waals surface area contributed by atoms with Crippen molar-refractivity contribution < 1.29 is 4.74 Å². The van der Waals surface area contributed by atoms with Gasteiger partial charge >= 0.3 is 0 Å². The summed E-state index contributed by atoms with van der Waals surface area (Å²) in [6.07, 6.45) is 0.879. The van der Waals surface area contributed by atoms with Gasteiger partial charge in [-0.3, -0.25) is 0 Å². The average Bonchev–Trinajstić information content (AvgIpc) is 2.85. The van der Waals surface area contributed by atoms with Gasteiger partial charge in [-0.15, -0.1) is 11.3 Å². The number of hydrogen-bond acceptors (Lipinski definition) is 7. The quantitative estimate of drug-likeness (QED) is 0.780. The molecule has 6 nitrogen and oxygen atoms in total. The monoisotopic (exact) mass is 307 g/mol. The van der Waals surface area contributed by atoms with Gasteiger partial charge in [0.05, 0.1) is 10.7 Å². The van der Waals surface area contributed by atoms with Crippen molar-refractivity contribution in [3.8, 4) is 0 Å². The lowest BCUT2D eigenvalue weighted by molar-refractivity contribution is 0.178. The van der Waals surface area contributed by atoms with Gasteiger partial charge in [0, 0.05) is 38.1 Å². The van der Waals surface area contributed by atoms with Crippen molar-refractivity contribution in [2.24, 2.45) is 0 Å². The lowest BCUT2D eigenvalue weighted by Crippen LogP contribution is -2.11. The van der Waals surface area contributed by atoms with Crippen LogP contribution < -0.4 is 10.6 Å². The fourth-order valence-corrected chi connectivity index (χ4v) is 2.54. The minimum atomic E-state index is 0.402. The SMILES string of the molecule is CCNc1cc(NCCc2csc(C)n2)nc(COC)n1. The lowest BCUT2D eigenvalue weighted by atomic mass is 10.3. The first-order valence-corrected chi connectivity index (χ1v) is 7.85. The number of methoxy groups -OCH3 is 1. The molecule has 0 amide bonds. The predicted molar refractivity (Wildman–Crippen MR) is 86.0 cm³/mol. The molecular formula is C14H21N5OS. The molecule has 0 saturated carbocycles. The highest BCUT2D eigenvalue weighted by Crippen LogP contribution is 2.13. The van der Waals surface area contributed by atoms with Crippen LogP contribution in [0.2, 0.25) is 0 Å². The van der Waals surface area contributed by atoms with Gasteiger partial charge in [0.1, 0.15) is 18.2 Å². The van der Waals surface area contributed by atoms with Crippen molar-refractivity contribution in [3.05, 3.63) is 28.0 Å². The summed E-state index contributed by atoms with van der Waals surface area (Å²) in [4.78, 5) is 13.3. The number of aryl methyl sites for hydroxylation is 1. The van der Waals surface area contributed by atoms with Crippen molar-refractivity contribution in [2.75, 3.05) is 30.8 Å². The highest BCUT2D eigenvalue weighted by atomic mass is 32.1. The zero-order valence-electron chi connectivity index (χ0n) is 12.6. The summed E-state index contributed by atoms with van der Waals surface area (Å²) in [6.45, 7) is 6.07. The number of thiazole rings is 1. The van der Waals surface area contributed by atoms with Gasteiger partial charge in [-0.1, -0.05) is 0 Å². The topological polar surface area (TPSA) is 72.0 Å². The van der Waals surface area contributed by atoms with Crippen molar-refractivity contribution >= 4 is 23.0 Å². The Kier molecular flexibility index (Phi) is 5.89. The zero-order valence-corrected chi connectivity index (χ0v) is 13.5. The third-order valence-electron chi connectivity index (χ3n) is 2.76. The van der Waals surface area contributed by atoms with Crippen molar-refractivity contribution in [3.63, 3.8) is 0 Å². The van der Waals surface area contributed by atoms with Gasteiger partial charge in [0.2, 0.25) is 0 Å². The molecule has 2 rings (SSSR count). The van der Waals surface area contributed by atoms with Gasteiger partial charge in [-0.2, -0.15) is 0 Å². The molecule has 0 fully saturated rings. The molecule has 0 radical (unpaired) electrons. The first-order chi connectivity index (χ1) is 10.2. The number of rotatable bonds is 8. The van der Waals surface area contributed by atoms with Gasteiger partial charge in [-0.05, 0) is 13.8 Å². The molecule has 21 heavy (non-hydrogen) atoms. The van der Waals surface area contributed by atoms with E-state index in [1.807, 2.05) is 19.9 Å². The molecule has 7 heteroatoms. The van der Waals surface area contributed by atoms with Gasteiger partial charge in [0.15, 0.2) is 5.82 Å². The molecule has 0 spiro atoms. The van der Waals surface area contributed by atoms with Crippen LogP contribution in [-0.4, -0.2) is 35.2 Å². The van der Waals surface area contributed by atoms with E-state index < -0.39 is 0 Å². The van der Waals surface area contributed by atoms with Crippen molar-refractivity contribution in [1.29, 1.82) is 0 Å². The molecule has 0 aliphatic carbocycles. The lowest BCUT2D eigenvalue weighted by Gasteiger charge is -2.10. The molecule has 0 aromatic carbocycles. The normalized spacial score (nSPS) is 10.6. The number of aromatic nitrogens is 3. The number of ether oxygens (including phenoxy) is 1. The highest BCUT2D eigenvalue weighted by Gasteiger charge is 2.05. The van der Waals surface area contributed by atoms with Crippen LogP contribution in [0.1, 0.15) is 23.4 Å². The van der Waals surface area contributed by atoms with E-state index in [2.05, 4.69) is 31.0 Å². The second kappa shape index (κ2) is 7.90. The minimum Gasteiger partial charge on any atom is -0.377 e. The average molecular weight is 307 g/mol. The van der Waals surface area contributed by atoms with E-state index in [1.165, 1.54) is 0 Å². The maximum Gasteiger partial charge on any atom is 0.158 e. The minimum absolute atomic E-state index is 0.402. The molecule has 0 bridgehead atoms. The summed E-state index contributed by atoms with van der Waals surface area (Å²) >= 11 is 1.68. The summed E-state index contributed by atoms with van der Waals surface area (Å²) in [7, 11) is 1.64. The van der Waals surface area contributed by atoms with Crippen LogP contribution >= 0.6 is 11.3 Å². The highest BCUT2D eigenvalue weighted by molar-refractivity contribution is 7.09. The number of nitrogens with one attached hydrogen (secondary N) is 2. The Morgan fingerprint density at radius 1 is 1.19 bits per heavy atom. The van der Waals surface area contributed by atoms with Crippen LogP contribution in [0.15, 0.2) is 11.4 Å². The molecule has 2 N–H and O–H groups in total. The Labute approximate surface area is 129 Å². The molecule has 0 atom stereocenters. The molecule has 2 heterocycles. The van der Waals surface area contributed by atoms with Crippen LogP contribution in [-0.2, 0) is 17.8 Å². The Morgan fingerprint density at radius 3 is 2.57 bits per heavy atom. The maximum absolute atomic E-state index is 5.10. The van der Waals surface area contributed by atoms with Gasteiger partial charge in [-0.25, -0.2) is 15.0 Å². The first kappa shape index (κ1) is 15.7. The second-order valence-electron chi connectivity index (χ2n) is 4.55. The third kappa shape index (κ3) is 4.95. The van der Waals surface area contributed by atoms with E-state index in [0.717, 1.165) is 41.8 Å². The molecule has 0 saturated heterocycles. The van der Waals surface area contributed by atoms with Crippen LogP contribution in [0.3, 0.4) is 0 Å². The zero-order chi connectivity index (χ0) is 15.1. The van der Waals surface area contributed by atoms with Crippen molar-refractivity contribution in [1.82, 2.24) is 15.0 Å². The molecule has 114 valence electrons. The Hall–Kier alpha value is -1.73. The number of nitrogens with zero attached hydrogens (tertiary/aromatic N) is 3. The van der Waals surface area contributed by atoms with Crippen molar-refractivity contribution in [2.45, 2.75) is 26.9 Å². The molecule has 0 aliphatic rings. The summed E-state index contributed by atoms with van der Waals surface area (Å²) in [6, 6.07) is 1.91. The van der Waals surface area contributed by atoms with Gasteiger partial charge < -0.3 is 15.4 Å². The molecule has 0 aliphatic heterocycles. The maximum atomic E-state index is 5.10. The molecule has 2 aromatic heterocycles. The Bertz CT molecular complexity index is 548. The van der Waals surface area contributed by atoms with Crippen LogP contribution in [0.4, 0.5) is 11.6 Å². The van der Waals surface area contributed by atoms with E-state index >= 15 is 0 Å². The van der Waals surface area contributed by atoms with Gasteiger partial charge in [0.25, 0.3) is 0 Å². The summed E-state index contributed by atoms with van der Waals surface area (Å²) < 4.78 is 5.10. The molecule has 2 aromatic rings. The number of anilines is 2. The third-order valence-corrected chi connectivity index (χ3v) is 3.58. The van der Waals surface area contributed by atoms with Crippen LogP contribution in [0.25, 0.3) is 0 Å². The summed E-state index contributed by atoms with van der Waals surface area (Å²) in [5, 5.41) is 9.71. The van der Waals surface area contributed by atoms with E-state index in [9.17, 15) is 0 Å². The van der Waals surface area contributed by atoms with Crippen LogP contribution in [0.5, 0.6) is 0 Å². The summed E-state index contributed by atoms with van der Waals surface area (Å²) in [5.41, 5.74) is 1.11.